The highest BCUT2D eigenvalue weighted by atomic mass is 79.9. The first kappa shape index (κ1) is 14.3. The first-order chi connectivity index (χ1) is 9.10. The number of morpholine rings is 1. The van der Waals surface area contributed by atoms with E-state index in [2.05, 4.69) is 28.2 Å². The lowest BCUT2D eigenvalue weighted by Gasteiger charge is -2.32. The van der Waals surface area contributed by atoms with E-state index in [1.807, 2.05) is 30.0 Å². The van der Waals surface area contributed by atoms with Crippen LogP contribution in [0.25, 0.3) is 0 Å². The molecule has 1 unspecified atom stereocenters. The Kier molecular flexibility index (Phi) is 4.82. The third-order valence-electron chi connectivity index (χ3n) is 3.31. The smallest absolute Gasteiger partial charge is 0.322 e. The fourth-order valence-corrected chi connectivity index (χ4v) is 2.59. The Morgan fingerprint density at radius 1 is 1.58 bits per heavy atom. The number of urea groups is 1. The number of nitrogens with one attached hydrogen (secondary N) is 1. The molecule has 2 rings (SSSR count). The lowest BCUT2D eigenvalue weighted by molar-refractivity contribution is -0.0134. The van der Waals surface area contributed by atoms with Crippen molar-refractivity contribution in [3.8, 4) is 0 Å². The quantitative estimate of drug-likeness (QED) is 0.904. The maximum atomic E-state index is 12.2. The molecule has 0 aliphatic carbocycles. The molecule has 19 heavy (non-hydrogen) atoms. The van der Waals surface area contributed by atoms with Crippen LogP contribution < -0.4 is 5.32 Å². The van der Waals surface area contributed by atoms with Crippen molar-refractivity contribution < 1.29 is 9.53 Å². The predicted molar refractivity (Wildman–Crippen MR) is 79.5 cm³/mol. The van der Waals surface area contributed by atoms with Crippen LogP contribution in [0, 0.1) is 6.92 Å². The third-order valence-corrected chi connectivity index (χ3v) is 3.80. The first-order valence-electron chi connectivity index (χ1n) is 6.54. The van der Waals surface area contributed by atoms with E-state index in [1.54, 1.807) is 0 Å². The molecule has 1 saturated heterocycles. The molecular formula is C14H19BrN2O2. The molecule has 1 atom stereocenters. The molecule has 1 aromatic rings. The molecule has 1 fully saturated rings. The van der Waals surface area contributed by atoms with Gasteiger partial charge in [0.1, 0.15) is 0 Å². The van der Waals surface area contributed by atoms with Crippen LogP contribution in [0.15, 0.2) is 22.7 Å². The molecular weight excluding hydrogens is 308 g/mol. The van der Waals surface area contributed by atoms with E-state index in [0.29, 0.717) is 19.7 Å². The number of carbonyl (C=O) groups is 1. The minimum absolute atomic E-state index is 0.0489. The molecule has 0 bridgehead atoms. The Bertz CT molecular complexity index is 465. The molecule has 2 amide bonds. The molecule has 1 aromatic carbocycles. The molecule has 1 aliphatic rings. The van der Waals surface area contributed by atoms with Gasteiger partial charge < -0.3 is 15.0 Å². The van der Waals surface area contributed by atoms with Crippen molar-refractivity contribution in [3.05, 3.63) is 28.2 Å². The molecule has 5 heteroatoms. The van der Waals surface area contributed by atoms with Gasteiger partial charge in [-0.1, -0.05) is 22.9 Å². The second kappa shape index (κ2) is 6.39. The zero-order valence-electron chi connectivity index (χ0n) is 11.3. The number of amides is 2. The van der Waals surface area contributed by atoms with Crippen molar-refractivity contribution in [2.24, 2.45) is 0 Å². The summed E-state index contributed by atoms with van der Waals surface area (Å²) < 4.78 is 6.58. The summed E-state index contributed by atoms with van der Waals surface area (Å²) in [6, 6.07) is 5.78. The molecule has 0 saturated carbocycles. The van der Waals surface area contributed by atoms with E-state index in [-0.39, 0.29) is 12.1 Å². The van der Waals surface area contributed by atoms with Crippen molar-refractivity contribution in [2.75, 3.05) is 25.0 Å². The van der Waals surface area contributed by atoms with Gasteiger partial charge in [-0.3, -0.25) is 0 Å². The van der Waals surface area contributed by atoms with Gasteiger partial charge in [-0.25, -0.2) is 4.79 Å². The van der Waals surface area contributed by atoms with Crippen LogP contribution in [-0.4, -0.2) is 36.7 Å². The maximum Gasteiger partial charge on any atom is 0.322 e. The first-order valence-corrected chi connectivity index (χ1v) is 7.33. The van der Waals surface area contributed by atoms with Crippen LogP contribution in [0.3, 0.4) is 0 Å². The lowest BCUT2D eigenvalue weighted by Crippen LogP contribution is -2.47. The summed E-state index contributed by atoms with van der Waals surface area (Å²) in [5, 5.41) is 2.96. The average molecular weight is 327 g/mol. The van der Waals surface area contributed by atoms with Crippen molar-refractivity contribution in [3.63, 3.8) is 0 Å². The monoisotopic (exact) mass is 326 g/mol. The molecule has 104 valence electrons. The summed E-state index contributed by atoms with van der Waals surface area (Å²) in [5.41, 5.74) is 1.90. The fraction of sp³-hybridized carbons (Fsp3) is 0.500. The van der Waals surface area contributed by atoms with Crippen molar-refractivity contribution in [2.45, 2.75) is 26.4 Å². The summed E-state index contributed by atoms with van der Waals surface area (Å²) in [7, 11) is 0. The Morgan fingerprint density at radius 3 is 3.05 bits per heavy atom. The second-order valence-electron chi connectivity index (χ2n) is 4.74. The normalized spacial score (nSPS) is 19.3. The highest BCUT2D eigenvalue weighted by Crippen LogP contribution is 2.20. The zero-order valence-corrected chi connectivity index (χ0v) is 12.9. The number of benzene rings is 1. The topological polar surface area (TPSA) is 41.6 Å². The van der Waals surface area contributed by atoms with E-state index < -0.39 is 0 Å². The van der Waals surface area contributed by atoms with Crippen LogP contribution in [-0.2, 0) is 4.74 Å². The highest BCUT2D eigenvalue weighted by molar-refractivity contribution is 9.10. The molecule has 1 heterocycles. The van der Waals surface area contributed by atoms with Crippen molar-refractivity contribution in [1.82, 2.24) is 4.90 Å². The molecule has 4 nitrogen and oxygen atoms in total. The Balaban J connectivity index is 2.00. The van der Waals surface area contributed by atoms with E-state index in [1.165, 1.54) is 0 Å². The van der Waals surface area contributed by atoms with Gasteiger partial charge >= 0.3 is 6.03 Å². The van der Waals surface area contributed by atoms with Gasteiger partial charge in [0.05, 0.1) is 12.7 Å². The van der Waals surface area contributed by atoms with Gasteiger partial charge in [-0.2, -0.15) is 0 Å². The summed E-state index contributed by atoms with van der Waals surface area (Å²) >= 11 is 3.42. The second-order valence-corrected chi connectivity index (χ2v) is 5.65. The van der Waals surface area contributed by atoms with Crippen LogP contribution in [0.4, 0.5) is 10.5 Å². The van der Waals surface area contributed by atoms with Gasteiger partial charge in [0.15, 0.2) is 0 Å². The summed E-state index contributed by atoms with van der Waals surface area (Å²) in [5.74, 6) is 0. The number of hydrogen-bond donors (Lipinski definition) is 1. The molecule has 0 aromatic heterocycles. The molecule has 1 N–H and O–H groups in total. The summed E-state index contributed by atoms with van der Waals surface area (Å²) in [6.45, 7) is 5.99. The third kappa shape index (κ3) is 3.70. The Labute approximate surface area is 122 Å². The number of anilines is 1. The lowest BCUT2D eigenvalue weighted by atomic mass is 10.2. The van der Waals surface area contributed by atoms with Gasteiger partial charge in [0.2, 0.25) is 0 Å². The SMILES string of the molecule is CCC1CN(C(=O)Nc2ccc(Br)cc2C)CCO1. The van der Waals surface area contributed by atoms with Crippen LogP contribution in [0.1, 0.15) is 18.9 Å². The largest absolute Gasteiger partial charge is 0.375 e. The van der Waals surface area contributed by atoms with Gasteiger partial charge in [0.25, 0.3) is 0 Å². The number of carbonyl (C=O) groups excluding carboxylic acids is 1. The minimum Gasteiger partial charge on any atom is -0.375 e. The standard InChI is InChI=1S/C14H19BrN2O2/c1-3-12-9-17(6-7-19-12)14(18)16-13-5-4-11(15)8-10(13)2/h4-5,8,12H,3,6-7,9H2,1-2H3,(H,16,18). The zero-order chi connectivity index (χ0) is 13.8. The number of ether oxygens (including phenoxy) is 1. The highest BCUT2D eigenvalue weighted by Gasteiger charge is 2.23. The number of nitrogens with zero attached hydrogens (tertiary/aromatic N) is 1. The van der Waals surface area contributed by atoms with Crippen molar-refractivity contribution >= 4 is 27.6 Å². The average Bonchev–Trinajstić information content (AvgIpc) is 2.42. The number of rotatable bonds is 2. The molecule has 1 aliphatic heterocycles. The van der Waals surface area contributed by atoms with Crippen molar-refractivity contribution in [1.29, 1.82) is 0 Å². The maximum absolute atomic E-state index is 12.2. The Morgan fingerprint density at radius 2 is 2.37 bits per heavy atom. The predicted octanol–water partition coefficient (Wildman–Crippen LogP) is 3.40. The van der Waals surface area contributed by atoms with Crippen LogP contribution in [0.5, 0.6) is 0 Å². The van der Waals surface area contributed by atoms with E-state index >= 15 is 0 Å². The van der Waals surface area contributed by atoms with Gasteiger partial charge in [-0.15, -0.1) is 0 Å². The number of halogens is 1. The van der Waals surface area contributed by atoms with E-state index in [9.17, 15) is 4.79 Å². The van der Waals surface area contributed by atoms with Gasteiger partial charge in [0, 0.05) is 23.2 Å². The van der Waals surface area contributed by atoms with Gasteiger partial charge in [-0.05, 0) is 37.1 Å². The summed E-state index contributed by atoms with van der Waals surface area (Å²) in [6.07, 6.45) is 1.09. The Hall–Kier alpha value is -1.07. The number of aryl methyl sites for hydroxylation is 1. The molecule has 0 radical (unpaired) electrons. The fourth-order valence-electron chi connectivity index (χ4n) is 2.11. The number of hydrogen-bond acceptors (Lipinski definition) is 2. The molecule has 0 spiro atoms. The minimum atomic E-state index is -0.0489. The van der Waals surface area contributed by atoms with E-state index in [4.69, 9.17) is 4.74 Å². The van der Waals surface area contributed by atoms with Crippen LogP contribution >= 0.6 is 15.9 Å². The summed E-state index contributed by atoms with van der Waals surface area (Å²) in [4.78, 5) is 14.0. The van der Waals surface area contributed by atoms with E-state index in [0.717, 1.165) is 22.1 Å². The van der Waals surface area contributed by atoms with Crippen LogP contribution in [0.2, 0.25) is 0 Å².